The molecule has 1 aliphatic carbocycles. The Kier molecular flexibility index (Phi) is 4.56. The Morgan fingerprint density at radius 1 is 1.33 bits per heavy atom. The highest BCUT2D eigenvalue weighted by molar-refractivity contribution is 4.85. The lowest BCUT2D eigenvalue weighted by Crippen LogP contribution is -2.50. The number of nitrogens with one attached hydrogen (secondary N) is 1. The van der Waals surface area contributed by atoms with E-state index >= 15 is 0 Å². The fourth-order valence-electron chi connectivity index (χ4n) is 1.89. The maximum absolute atomic E-state index is 10.1. The normalized spacial score (nSPS) is 31.6. The maximum atomic E-state index is 10.1. The van der Waals surface area contributed by atoms with E-state index in [4.69, 9.17) is 0 Å². The van der Waals surface area contributed by atoms with E-state index < -0.39 is 5.60 Å². The van der Waals surface area contributed by atoms with Crippen molar-refractivity contribution in [2.24, 2.45) is 5.92 Å². The van der Waals surface area contributed by atoms with Gasteiger partial charge < -0.3 is 15.5 Å². The van der Waals surface area contributed by atoms with Crippen LogP contribution in [0.5, 0.6) is 0 Å². The van der Waals surface area contributed by atoms with Crippen molar-refractivity contribution < 1.29 is 10.2 Å². The lowest BCUT2D eigenvalue weighted by molar-refractivity contribution is 0.00203. The molecule has 3 unspecified atom stereocenters. The van der Waals surface area contributed by atoms with Crippen LogP contribution in [0.2, 0.25) is 0 Å². The molecule has 0 bridgehead atoms. The molecule has 3 N–H and O–H groups in total. The molecule has 0 aromatic heterocycles. The van der Waals surface area contributed by atoms with Crippen LogP contribution in [0.3, 0.4) is 0 Å². The summed E-state index contributed by atoms with van der Waals surface area (Å²) < 4.78 is 0. The van der Waals surface area contributed by atoms with Crippen molar-refractivity contribution >= 4 is 0 Å². The average Bonchev–Trinajstić information content (AvgIpc) is 2.16. The third-order valence-corrected chi connectivity index (χ3v) is 3.70. The van der Waals surface area contributed by atoms with Crippen LogP contribution in [0.25, 0.3) is 0 Å². The molecule has 1 rings (SSSR count). The highest BCUT2D eigenvalue weighted by Gasteiger charge is 2.28. The predicted molar refractivity (Wildman–Crippen MR) is 61.7 cm³/mol. The van der Waals surface area contributed by atoms with Gasteiger partial charge in [0.05, 0.1) is 11.7 Å². The van der Waals surface area contributed by atoms with E-state index in [1.54, 1.807) is 0 Å². The Labute approximate surface area is 92.9 Å². The first-order valence-corrected chi connectivity index (χ1v) is 6.07. The highest BCUT2D eigenvalue weighted by atomic mass is 16.3. The van der Waals surface area contributed by atoms with Crippen LogP contribution < -0.4 is 5.32 Å². The van der Waals surface area contributed by atoms with Crippen LogP contribution >= 0.6 is 0 Å². The molecule has 3 atom stereocenters. The number of aliphatic hydroxyl groups excluding tert-OH is 1. The summed E-state index contributed by atoms with van der Waals surface area (Å²) >= 11 is 0. The summed E-state index contributed by atoms with van der Waals surface area (Å²) in [5.41, 5.74) is -0.683. The van der Waals surface area contributed by atoms with Gasteiger partial charge in [-0.3, -0.25) is 0 Å². The fraction of sp³-hybridized carbons (Fsp3) is 1.00. The molecular weight excluding hydrogens is 190 g/mol. The second-order valence-electron chi connectivity index (χ2n) is 5.35. The van der Waals surface area contributed by atoms with Gasteiger partial charge in [-0.25, -0.2) is 0 Å². The zero-order valence-electron chi connectivity index (χ0n) is 10.2. The van der Waals surface area contributed by atoms with E-state index in [-0.39, 0.29) is 18.1 Å². The van der Waals surface area contributed by atoms with Gasteiger partial charge in [0.25, 0.3) is 0 Å². The molecular formula is C12H25NO2. The molecule has 0 radical (unpaired) electrons. The van der Waals surface area contributed by atoms with Crippen molar-refractivity contribution in [3.8, 4) is 0 Å². The predicted octanol–water partition coefficient (Wildman–Crippen LogP) is 1.29. The first-order chi connectivity index (χ1) is 6.93. The molecule has 0 aliphatic heterocycles. The summed E-state index contributed by atoms with van der Waals surface area (Å²) in [6.07, 6.45) is 3.98. The van der Waals surface area contributed by atoms with Gasteiger partial charge >= 0.3 is 0 Å². The largest absolute Gasteiger partial charge is 0.392 e. The standard InChI is InChI=1S/C12H25NO2/c1-9(2)12(3,15)8-13-10-6-4-5-7-11(10)14/h9-11,13-15H,4-8H2,1-3H3. The van der Waals surface area contributed by atoms with Crippen LogP contribution in [0.4, 0.5) is 0 Å². The fourth-order valence-corrected chi connectivity index (χ4v) is 1.89. The molecule has 0 amide bonds. The number of hydrogen-bond acceptors (Lipinski definition) is 3. The highest BCUT2D eigenvalue weighted by Crippen LogP contribution is 2.20. The van der Waals surface area contributed by atoms with Crippen molar-refractivity contribution in [2.45, 2.75) is 64.2 Å². The van der Waals surface area contributed by atoms with E-state index in [0.717, 1.165) is 19.3 Å². The van der Waals surface area contributed by atoms with Crippen molar-refractivity contribution in [3.63, 3.8) is 0 Å². The SMILES string of the molecule is CC(C)C(C)(O)CNC1CCCCC1O. The van der Waals surface area contributed by atoms with E-state index in [0.29, 0.717) is 6.54 Å². The molecule has 0 heterocycles. The Hall–Kier alpha value is -0.120. The Balaban J connectivity index is 2.35. The molecule has 15 heavy (non-hydrogen) atoms. The zero-order valence-corrected chi connectivity index (χ0v) is 10.2. The molecule has 3 heteroatoms. The summed E-state index contributed by atoms with van der Waals surface area (Å²) in [4.78, 5) is 0. The van der Waals surface area contributed by atoms with Crippen molar-refractivity contribution in [1.29, 1.82) is 0 Å². The van der Waals surface area contributed by atoms with Crippen LogP contribution in [0.15, 0.2) is 0 Å². The number of aliphatic hydroxyl groups is 2. The lowest BCUT2D eigenvalue weighted by Gasteiger charge is -2.34. The lowest BCUT2D eigenvalue weighted by atomic mass is 9.89. The van der Waals surface area contributed by atoms with Crippen molar-refractivity contribution in [1.82, 2.24) is 5.32 Å². The minimum absolute atomic E-state index is 0.170. The molecule has 3 nitrogen and oxygen atoms in total. The third kappa shape index (κ3) is 3.74. The van der Waals surface area contributed by atoms with E-state index in [9.17, 15) is 10.2 Å². The van der Waals surface area contributed by atoms with E-state index in [1.807, 2.05) is 20.8 Å². The summed E-state index contributed by atoms with van der Waals surface area (Å²) in [6.45, 7) is 6.43. The first-order valence-electron chi connectivity index (χ1n) is 6.07. The van der Waals surface area contributed by atoms with Crippen LogP contribution in [0.1, 0.15) is 46.5 Å². The van der Waals surface area contributed by atoms with Gasteiger partial charge in [-0.1, -0.05) is 26.7 Å². The van der Waals surface area contributed by atoms with Crippen LogP contribution in [0, 0.1) is 5.92 Å². The van der Waals surface area contributed by atoms with E-state index in [2.05, 4.69) is 5.32 Å². The van der Waals surface area contributed by atoms with Gasteiger partial charge in [0.15, 0.2) is 0 Å². The van der Waals surface area contributed by atoms with Gasteiger partial charge in [0.2, 0.25) is 0 Å². The van der Waals surface area contributed by atoms with Gasteiger partial charge in [0.1, 0.15) is 0 Å². The topological polar surface area (TPSA) is 52.5 Å². The summed E-state index contributed by atoms with van der Waals surface area (Å²) in [7, 11) is 0. The van der Waals surface area contributed by atoms with Gasteiger partial charge in [0, 0.05) is 12.6 Å². The average molecular weight is 215 g/mol. The molecule has 1 saturated carbocycles. The summed E-state index contributed by atoms with van der Waals surface area (Å²) in [6, 6.07) is 0.170. The molecule has 90 valence electrons. The summed E-state index contributed by atoms with van der Waals surface area (Å²) in [5, 5.41) is 23.1. The molecule has 0 aromatic rings. The molecule has 1 aliphatic rings. The number of hydrogen-bond donors (Lipinski definition) is 3. The van der Waals surface area contributed by atoms with Gasteiger partial charge in [-0.05, 0) is 25.7 Å². The van der Waals surface area contributed by atoms with E-state index in [1.165, 1.54) is 6.42 Å². The Bertz CT molecular complexity index is 192. The molecule has 1 fully saturated rings. The van der Waals surface area contributed by atoms with Gasteiger partial charge in [-0.15, -0.1) is 0 Å². The minimum Gasteiger partial charge on any atom is -0.392 e. The second kappa shape index (κ2) is 5.28. The Morgan fingerprint density at radius 3 is 2.47 bits per heavy atom. The van der Waals surface area contributed by atoms with Crippen molar-refractivity contribution in [3.05, 3.63) is 0 Å². The van der Waals surface area contributed by atoms with Crippen molar-refractivity contribution in [2.75, 3.05) is 6.54 Å². The van der Waals surface area contributed by atoms with Crippen LogP contribution in [-0.2, 0) is 0 Å². The van der Waals surface area contributed by atoms with Gasteiger partial charge in [-0.2, -0.15) is 0 Å². The maximum Gasteiger partial charge on any atom is 0.0766 e. The Morgan fingerprint density at radius 2 is 1.93 bits per heavy atom. The second-order valence-corrected chi connectivity index (χ2v) is 5.35. The molecule has 0 saturated heterocycles. The summed E-state index contributed by atoms with van der Waals surface area (Å²) in [5.74, 6) is 0.228. The quantitative estimate of drug-likeness (QED) is 0.662. The minimum atomic E-state index is -0.683. The zero-order chi connectivity index (χ0) is 11.5. The smallest absolute Gasteiger partial charge is 0.0766 e. The first kappa shape index (κ1) is 12.9. The monoisotopic (exact) mass is 215 g/mol. The number of rotatable bonds is 4. The third-order valence-electron chi connectivity index (χ3n) is 3.70. The molecule has 0 aromatic carbocycles. The molecule has 0 spiro atoms. The van der Waals surface area contributed by atoms with Crippen LogP contribution in [-0.4, -0.2) is 34.5 Å².